The van der Waals surface area contributed by atoms with E-state index in [0.717, 1.165) is 33.7 Å². The molecule has 1 saturated heterocycles. The molecular formula is C20H21N3O4S. The predicted molar refractivity (Wildman–Crippen MR) is 109 cm³/mol. The number of imide groups is 1. The van der Waals surface area contributed by atoms with Crippen molar-refractivity contribution in [3.05, 3.63) is 53.2 Å². The smallest absolute Gasteiger partial charge is 0.326 e. The Balaban J connectivity index is 1.83. The molecule has 1 aliphatic heterocycles. The normalized spacial score (nSPS) is 15.4. The topological polar surface area (TPSA) is 71.8 Å². The molecule has 0 bridgehead atoms. The van der Waals surface area contributed by atoms with Crippen molar-refractivity contribution in [2.75, 3.05) is 32.1 Å². The first-order chi connectivity index (χ1) is 13.4. The van der Waals surface area contributed by atoms with E-state index in [4.69, 9.17) is 4.74 Å². The van der Waals surface area contributed by atoms with Crippen molar-refractivity contribution in [2.24, 2.45) is 0 Å². The third kappa shape index (κ3) is 4.12. The maximum atomic E-state index is 12.5. The third-order valence-electron chi connectivity index (χ3n) is 4.17. The van der Waals surface area contributed by atoms with Crippen molar-refractivity contribution in [1.82, 2.24) is 9.47 Å². The van der Waals surface area contributed by atoms with Crippen LogP contribution in [0.4, 0.5) is 10.5 Å². The van der Waals surface area contributed by atoms with Gasteiger partial charge in [-0.3, -0.25) is 19.3 Å². The van der Waals surface area contributed by atoms with Crippen molar-refractivity contribution in [3.63, 3.8) is 0 Å². The summed E-state index contributed by atoms with van der Waals surface area (Å²) in [6.45, 7) is 1.50. The first kappa shape index (κ1) is 19.8. The van der Waals surface area contributed by atoms with Gasteiger partial charge in [0.25, 0.3) is 11.1 Å². The molecule has 0 N–H and O–H groups in total. The summed E-state index contributed by atoms with van der Waals surface area (Å²) in [5, 5.41) is -0.474. The first-order valence-electron chi connectivity index (χ1n) is 8.77. The Hall–Kier alpha value is -3.00. The fraction of sp³-hybridized carbons (Fsp3) is 0.250. The van der Waals surface area contributed by atoms with Gasteiger partial charge in [0.1, 0.15) is 6.54 Å². The van der Waals surface area contributed by atoms with Crippen molar-refractivity contribution >= 4 is 40.6 Å². The highest BCUT2D eigenvalue weighted by Crippen LogP contribution is 2.32. The summed E-state index contributed by atoms with van der Waals surface area (Å²) in [6, 6.07) is 11.7. The van der Waals surface area contributed by atoms with Gasteiger partial charge in [-0.25, -0.2) is 0 Å². The van der Waals surface area contributed by atoms with E-state index in [9.17, 15) is 14.4 Å². The van der Waals surface area contributed by atoms with Crippen molar-refractivity contribution in [3.8, 4) is 5.69 Å². The lowest BCUT2D eigenvalue weighted by Gasteiger charge is -2.14. The summed E-state index contributed by atoms with van der Waals surface area (Å²) in [7, 11) is 3.95. The van der Waals surface area contributed by atoms with Crippen LogP contribution < -0.4 is 4.90 Å². The first-order valence-corrected chi connectivity index (χ1v) is 9.58. The molecule has 2 aromatic rings. The number of anilines is 1. The standard InChI is InChI=1S/C20H21N3O4S/c1-4-27-18(24)13-23-19(25)17(28-20(23)26)12-16-6-5-11-22(16)15-9-7-14(8-10-15)21(2)3/h5-12H,4,13H2,1-3H3/b17-12+. The Morgan fingerprint density at radius 3 is 2.54 bits per heavy atom. The number of rotatable bonds is 6. The Bertz CT molecular complexity index is 931. The molecule has 1 fully saturated rings. The minimum Gasteiger partial charge on any atom is -0.465 e. The summed E-state index contributed by atoms with van der Waals surface area (Å²) in [5.74, 6) is -1.09. The van der Waals surface area contributed by atoms with E-state index in [1.54, 1.807) is 13.0 Å². The molecule has 0 unspecified atom stereocenters. The minimum atomic E-state index is -0.601. The fourth-order valence-electron chi connectivity index (χ4n) is 2.76. The van der Waals surface area contributed by atoms with Gasteiger partial charge in [0.05, 0.1) is 11.5 Å². The van der Waals surface area contributed by atoms with E-state index in [1.807, 2.05) is 66.2 Å². The molecule has 0 saturated carbocycles. The molecule has 0 atom stereocenters. The molecule has 2 heterocycles. The highest BCUT2D eigenvalue weighted by molar-refractivity contribution is 8.18. The van der Waals surface area contributed by atoms with Crippen LogP contribution in [0.25, 0.3) is 11.8 Å². The van der Waals surface area contributed by atoms with Crippen LogP contribution in [0.1, 0.15) is 12.6 Å². The molecule has 0 spiro atoms. The van der Waals surface area contributed by atoms with Gasteiger partial charge in [-0.2, -0.15) is 0 Å². The lowest BCUT2D eigenvalue weighted by Crippen LogP contribution is -2.34. The minimum absolute atomic E-state index is 0.199. The molecule has 0 radical (unpaired) electrons. The Kier molecular flexibility index (Phi) is 5.89. The summed E-state index contributed by atoms with van der Waals surface area (Å²) in [5.41, 5.74) is 2.78. The van der Waals surface area contributed by atoms with Crippen LogP contribution in [0, 0.1) is 0 Å². The molecule has 3 rings (SSSR count). The zero-order valence-electron chi connectivity index (χ0n) is 15.9. The molecule has 2 amide bonds. The summed E-state index contributed by atoms with van der Waals surface area (Å²) < 4.78 is 6.75. The van der Waals surface area contributed by atoms with Gasteiger partial charge in [-0.15, -0.1) is 0 Å². The molecule has 1 aliphatic rings. The van der Waals surface area contributed by atoms with Gasteiger partial charge < -0.3 is 14.2 Å². The van der Waals surface area contributed by atoms with Crippen LogP contribution in [0.3, 0.4) is 0 Å². The van der Waals surface area contributed by atoms with Gasteiger partial charge in [-0.1, -0.05) is 0 Å². The highest BCUT2D eigenvalue weighted by Gasteiger charge is 2.36. The van der Waals surface area contributed by atoms with Crippen LogP contribution in [0.2, 0.25) is 0 Å². The largest absolute Gasteiger partial charge is 0.465 e. The van der Waals surface area contributed by atoms with E-state index in [-0.39, 0.29) is 18.1 Å². The number of thioether (sulfide) groups is 1. The van der Waals surface area contributed by atoms with Gasteiger partial charge in [0.15, 0.2) is 0 Å². The molecule has 146 valence electrons. The molecular weight excluding hydrogens is 378 g/mol. The van der Waals surface area contributed by atoms with Crippen molar-refractivity contribution in [2.45, 2.75) is 6.92 Å². The average molecular weight is 399 g/mol. The summed E-state index contributed by atoms with van der Waals surface area (Å²) >= 11 is 0.821. The van der Waals surface area contributed by atoms with Gasteiger partial charge in [0, 0.05) is 37.4 Å². The summed E-state index contributed by atoms with van der Waals surface area (Å²) in [6.07, 6.45) is 3.55. The lowest BCUT2D eigenvalue weighted by molar-refractivity contribution is -0.145. The molecule has 28 heavy (non-hydrogen) atoms. The van der Waals surface area contributed by atoms with Crippen LogP contribution in [-0.4, -0.2) is 53.8 Å². The molecule has 7 nitrogen and oxygen atoms in total. The monoisotopic (exact) mass is 399 g/mol. The SMILES string of the molecule is CCOC(=O)CN1C(=O)S/C(=C/c2cccn2-c2ccc(N(C)C)cc2)C1=O. The molecule has 1 aromatic heterocycles. The van der Waals surface area contributed by atoms with Crippen LogP contribution in [-0.2, 0) is 14.3 Å². The fourth-order valence-corrected chi connectivity index (χ4v) is 3.59. The van der Waals surface area contributed by atoms with Gasteiger partial charge >= 0.3 is 5.97 Å². The number of carbonyl (C=O) groups excluding carboxylic acids is 3. The number of esters is 1. The molecule has 8 heteroatoms. The zero-order chi connectivity index (χ0) is 20.3. The second kappa shape index (κ2) is 8.35. The quantitative estimate of drug-likeness (QED) is 0.549. The number of carbonyl (C=O) groups is 3. The van der Waals surface area contributed by atoms with Crippen molar-refractivity contribution < 1.29 is 19.1 Å². The molecule has 1 aromatic carbocycles. The number of nitrogens with zero attached hydrogens (tertiary/aromatic N) is 3. The number of hydrogen-bond acceptors (Lipinski definition) is 6. The van der Waals surface area contributed by atoms with Crippen LogP contribution >= 0.6 is 11.8 Å². The van der Waals surface area contributed by atoms with Gasteiger partial charge in [0.2, 0.25) is 0 Å². The van der Waals surface area contributed by atoms with Crippen LogP contribution in [0.15, 0.2) is 47.5 Å². The summed E-state index contributed by atoms with van der Waals surface area (Å²) in [4.78, 5) is 39.5. The van der Waals surface area contributed by atoms with E-state index in [1.165, 1.54) is 0 Å². The number of hydrogen-bond donors (Lipinski definition) is 0. The molecule has 0 aliphatic carbocycles. The Morgan fingerprint density at radius 1 is 1.18 bits per heavy atom. The third-order valence-corrected chi connectivity index (χ3v) is 5.08. The average Bonchev–Trinajstić information content (AvgIpc) is 3.22. The number of amides is 2. The number of ether oxygens (including phenoxy) is 1. The lowest BCUT2D eigenvalue weighted by atomic mass is 10.2. The van der Waals surface area contributed by atoms with E-state index in [2.05, 4.69) is 0 Å². The second-order valence-corrected chi connectivity index (χ2v) is 7.28. The highest BCUT2D eigenvalue weighted by atomic mass is 32.2. The number of benzene rings is 1. The maximum absolute atomic E-state index is 12.5. The van der Waals surface area contributed by atoms with Crippen LogP contribution in [0.5, 0.6) is 0 Å². The van der Waals surface area contributed by atoms with E-state index in [0.29, 0.717) is 0 Å². The maximum Gasteiger partial charge on any atom is 0.326 e. The Labute approximate surface area is 167 Å². The van der Waals surface area contributed by atoms with Crippen molar-refractivity contribution in [1.29, 1.82) is 0 Å². The number of aromatic nitrogens is 1. The Morgan fingerprint density at radius 2 is 1.89 bits per heavy atom. The zero-order valence-corrected chi connectivity index (χ0v) is 16.7. The van der Waals surface area contributed by atoms with E-state index < -0.39 is 17.1 Å². The second-order valence-electron chi connectivity index (χ2n) is 6.29. The predicted octanol–water partition coefficient (Wildman–Crippen LogP) is 3.14. The van der Waals surface area contributed by atoms with E-state index >= 15 is 0 Å². The van der Waals surface area contributed by atoms with Gasteiger partial charge in [-0.05, 0) is 61.2 Å².